The van der Waals surface area contributed by atoms with Gasteiger partial charge >= 0.3 is 6.03 Å². The number of rotatable bonds is 3. The van der Waals surface area contributed by atoms with Crippen molar-refractivity contribution in [3.05, 3.63) is 60.9 Å². The van der Waals surface area contributed by atoms with Crippen molar-refractivity contribution in [2.24, 2.45) is 0 Å². The number of nitrogens with zero attached hydrogens (tertiary/aromatic N) is 3. The summed E-state index contributed by atoms with van der Waals surface area (Å²) in [7, 11) is 0. The molecule has 128 valence electrons. The largest absolute Gasteiger partial charge is 0.367 e. The van der Waals surface area contributed by atoms with E-state index in [9.17, 15) is 4.79 Å². The lowest BCUT2D eigenvalue weighted by molar-refractivity contribution is 0.246. The van der Waals surface area contributed by atoms with Crippen molar-refractivity contribution in [2.75, 3.05) is 16.9 Å². The maximum Gasteiger partial charge on any atom is 0.334 e. The van der Waals surface area contributed by atoms with Gasteiger partial charge in [0.1, 0.15) is 6.33 Å². The summed E-state index contributed by atoms with van der Waals surface area (Å²) in [6.07, 6.45) is 2.55. The molecule has 0 saturated carbocycles. The van der Waals surface area contributed by atoms with Gasteiger partial charge in [0.2, 0.25) is 0 Å². The average molecular weight is 335 g/mol. The van der Waals surface area contributed by atoms with Crippen molar-refractivity contribution in [1.29, 1.82) is 0 Å². The molecule has 2 heterocycles. The van der Waals surface area contributed by atoms with Crippen LogP contribution < -0.4 is 15.6 Å². The van der Waals surface area contributed by atoms with Crippen molar-refractivity contribution >= 4 is 22.8 Å². The highest BCUT2D eigenvalue weighted by Crippen LogP contribution is 2.25. The van der Waals surface area contributed by atoms with Crippen molar-refractivity contribution in [2.45, 2.75) is 25.4 Å². The molecule has 0 bridgehead atoms. The molecular weight excluding hydrogens is 314 g/mol. The first-order valence-corrected chi connectivity index (χ1v) is 8.52. The maximum atomic E-state index is 12.4. The predicted molar refractivity (Wildman–Crippen MR) is 99.3 cm³/mol. The summed E-state index contributed by atoms with van der Waals surface area (Å²) in [4.78, 5) is 19.0. The Morgan fingerprint density at radius 3 is 2.72 bits per heavy atom. The van der Waals surface area contributed by atoms with E-state index in [2.05, 4.69) is 39.7 Å². The molecule has 3 aromatic rings. The molecule has 1 fully saturated rings. The number of benzene rings is 2. The van der Waals surface area contributed by atoms with E-state index in [0.29, 0.717) is 6.04 Å². The summed E-state index contributed by atoms with van der Waals surface area (Å²) in [5, 5.41) is 3.07. The summed E-state index contributed by atoms with van der Waals surface area (Å²) in [6, 6.07) is 18.3. The van der Waals surface area contributed by atoms with Crippen LogP contribution >= 0.6 is 0 Å². The number of anilines is 1. The van der Waals surface area contributed by atoms with Gasteiger partial charge in [0.15, 0.2) is 0 Å². The Labute approximate surface area is 146 Å². The first-order chi connectivity index (χ1) is 12.2. The minimum Gasteiger partial charge on any atom is -0.367 e. The number of urea groups is 1. The molecule has 6 heteroatoms. The summed E-state index contributed by atoms with van der Waals surface area (Å²) in [6.45, 7) is 3.00. The monoisotopic (exact) mass is 335 g/mol. The standard InChI is InChI=1S/C19H21N5O/c1-14-11-15(12-23(14)16-7-3-2-4-8-16)21-19(25)22-24-13-20-17-9-5-6-10-18(17)24/h2-10,13-15H,11-12H2,1H3,(H2,21,22,25)/t14-,15+/m0/s1. The van der Waals surface area contributed by atoms with Gasteiger partial charge in [-0.2, -0.15) is 0 Å². The fourth-order valence-corrected chi connectivity index (χ4v) is 3.49. The topological polar surface area (TPSA) is 62.2 Å². The highest BCUT2D eigenvalue weighted by atomic mass is 16.2. The fourth-order valence-electron chi connectivity index (χ4n) is 3.49. The Balaban J connectivity index is 1.40. The lowest BCUT2D eigenvalue weighted by Gasteiger charge is -2.23. The van der Waals surface area contributed by atoms with Crippen molar-refractivity contribution in [1.82, 2.24) is 15.0 Å². The zero-order valence-electron chi connectivity index (χ0n) is 14.1. The SMILES string of the molecule is C[C@H]1C[C@@H](NC(=O)Nn2cnc3ccccc32)CN1c1ccccc1. The van der Waals surface area contributed by atoms with Gasteiger partial charge < -0.3 is 10.2 Å². The molecule has 4 rings (SSSR count). The van der Waals surface area contributed by atoms with Crippen LogP contribution in [0.5, 0.6) is 0 Å². The van der Waals surface area contributed by atoms with Gasteiger partial charge in [0.25, 0.3) is 0 Å². The average Bonchev–Trinajstić information content (AvgIpc) is 3.19. The number of nitrogens with one attached hydrogen (secondary N) is 2. The van der Waals surface area contributed by atoms with Crippen LogP contribution in [0.4, 0.5) is 10.5 Å². The number of hydrogen-bond acceptors (Lipinski definition) is 3. The second kappa shape index (κ2) is 6.47. The number of hydrogen-bond donors (Lipinski definition) is 2. The van der Waals surface area contributed by atoms with Gasteiger partial charge in [-0.1, -0.05) is 30.3 Å². The summed E-state index contributed by atoms with van der Waals surface area (Å²) in [5.41, 5.74) is 5.77. The molecule has 25 heavy (non-hydrogen) atoms. The Hall–Kier alpha value is -3.02. The number of aromatic nitrogens is 2. The molecule has 2 N–H and O–H groups in total. The second-order valence-electron chi connectivity index (χ2n) is 6.46. The van der Waals surface area contributed by atoms with Gasteiger partial charge in [0, 0.05) is 18.3 Å². The van der Waals surface area contributed by atoms with Crippen molar-refractivity contribution in [3.63, 3.8) is 0 Å². The molecule has 6 nitrogen and oxygen atoms in total. The normalized spacial score (nSPS) is 20.0. The van der Waals surface area contributed by atoms with Gasteiger partial charge in [-0.05, 0) is 37.6 Å². The van der Waals surface area contributed by atoms with Gasteiger partial charge in [-0.3, -0.25) is 0 Å². The van der Waals surface area contributed by atoms with E-state index in [1.54, 1.807) is 11.0 Å². The third kappa shape index (κ3) is 3.15. The highest BCUT2D eigenvalue weighted by molar-refractivity contribution is 5.85. The minimum absolute atomic E-state index is 0.116. The lowest BCUT2D eigenvalue weighted by Crippen LogP contribution is -2.42. The van der Waals surface area contributed by atoms with Crippen LogP contribution in [-0.4, -0.2) is 34.3 Å². The van der Waals surface area contributed by atoms with Crippen LogP contribution in [0.1, 0.15) is 13.3 Å². The molecule has 0 spiro atoms. The van der Waals surface area contributed by atoms with Gasteiger partial charge in [-0.15, -0.1) is 0 Å². The number of para-hydroxylation sites is 3. The number of carbonyl (C=O) groups is 1. The van der Waals surface area contributed by atoms with Gasteiger partial charge in [0.05, 0.1) is 17.1 Å². The van der Waals surface area contributed by atoms with E-state index in [4.69, 9.17) is 0 Å². The summed E-state index contributed by atoms with van der Waals surface area (Å²) in [5.74, 6) is 0. The Morgan fingerprint density at radius 2 is 1.88 bits per heavy atom. The number of imidazole rings is 1. The van der Waals surface area contributed by atoms with Crippen LogP contribution in [0, 0.1) is 0 Å². The van der Waals surface area contributed by atoms with E-state index in [1.165, 1.54) is 5.69 Å². The maximum absolute atomic E-state index is 12.4. The number of carbonyl (C=O) groups excluding carboxylic acids is 1. The fraction of sp³-hybridized carbons (Fsp3) is 0.263. The first kappa shape index (κ1) is 15.5. The molecule has 1 aromatic heterocycles. The highest BCUT2D eigenvalue weighted by Gasteiger charge is 2.30. The first-order valence-electron chi connectivity index (χ1n) is 8.52. The molecule has 0 aliphatic carbocycles. The van der Waals surface area contributed by atoms with E-state index in [0.717, 1.165) is 24.0 Å². The lowest BCUT2D eigenvalue weighted by atomic mass is 10.2. The third-order valence-electron chi connectivity index (χ3n) is 4.67. The predicted octanol–water partition coefficient (Wildman–Crippen LogP) is 2.96. The van der Waals surface area contributed by atoms with Crippen molar-refractivity contribution < 1.29 is 4.79 Å². The zero-order chi connectivity index (χ0) is 17.2. The van der Waals surface area contributed by atoms with Crippen LogP contribution in [0.25, 0.3) is 11.0 Å². The van der Waals surface area contributed by atoms with E-state index in [-0.39, 0.29) is 12.1 Å². The quantitative estimate of drug-likeness (QED) is 0.773. The Bertz CT molecular complexity index is 876. The summed E-state index contributed by atoms with van der Waals surface area (Å²) < 4.78 is 1.65. The zero-order valence-corrected chi connectivity index (χ0v) is 14.1. The molecule has 1 aliphatic heterocycles. The molecule has 0 radical (unpaired) electrons. The number of fused-ring (bicyclic) bond motifs is 1. The minimum atomic E-state index is -0.213. The summed E-state index contributed by atoms with van der Waals surface area (Å²) >= 11 is 0. The van der Waals surface area contributed by atoms with Crippen LogP contribution in [0.2, 0.25) is 0 Å². The van der Waals surface area contributed by atoms with E-state index >= 15 is 0 Å². The van der Waals surface area contributed by atoms with Crippen LogP contribution in [-0.2, 0) is 0 Å². The Kier molecular flexibility index (Phi) is 4.01. The molecule has 0 unspecified atom stereocenters. The second-order valence-corrected chi connectivity index (χ2v) is 6.46. The van der Waals surface area contributed by atoms with Gasteiger partial charge in [-0.25, -0.2) is 19.9 Å². The Morgan fingerprint density at radius 1 is 1.12 bits per heavy atom. The van der Waals surface area contributed by atoms with Crippen LogP contribution in [0.3, 0.4) is 0 Å². The molecule has 1 saturated heterocycles. The molecule has 2 atom stereocenters. The molecule has 2 amide bonds. The molecule has 2 aromatic carbocycles. The number of amides is 2. The molecule has 1 aliphatic rings. The van der Waals surface area contributed by atoms with E-state index < -0.39 is 0 Å². The van der Waals surface area contributed by atoms with Crippen molar-refractivity contribution in [3.8, 4) is 0 Å². The third-order valence-corrected chi connectivity index (χ3v) is 4.67. The van der Waals surface area contributed by atoms with Crippen LogP contribution in [0.15, 0.2) is 60.9 Å². The molecular formula is C19H21N5O. The smallest absolute Gasteiger partial charge is 0.334 e. The van der Waals surface area contributed by atoms with E-state index in [1.807, 2.05) is 42.5 Å².